The number of piperidine rings is 1. The lowest BCUT2D eigenvalue weighted by atomic mass is 9.94. The number of ether oxygens (including phenoxy) is 1. The van der Waals surface area contributed by atoms with Gasteiger partial charge < -0.3 is 9.84 Å². The van der Waals surface area contributed by atoms with Crippen molar-refractivity contribution in [1.82, 2.24) is 4.90 Å². The summed E-state index contributed by atoms with van der Waals surface area (Å²) < 4.78 is 5.46. The summed E-state index contributed by atoms with van der Waals surface area (Å²) in [7, 11) is 0. The number of likely N-dealkylation sites (tertiary alicyclic amines) is 1. The third kappa shape index (κ3) is 2.57. The molecule has 1 saturated carbocycles. The second-order valence-electron chi connectivity index (χ2n) is 6.30. The van der Waals surface area contributed by atoms with E-state index < -0.39 is 5.60 Å². The molecule has 17 heavy (non-hydrogen) atoms. The number of aliphatic hydroxyl groups is 1. The molecule has 0 aromatic heterocycles. The molecule has 98 valence electrons. The second kappa shape index (κ2) is 4.16. The highest BCUT2D eigenvalue weighted by atomic mass is 16.6. The van der Waals surface area contributed by atoms with Crippen LogP contribution in [0.5, 0.6) is 0 Å². The van der Waals surface area contributed by atoms with Crippen LogP contribution in [0.4, 0.5) is 4.79 Å². The minimum Gasteiger partial charge on any atom is -0.444 e. The number of hydrogen-bond acceptors (Lipinski definition) is 3. The number of rotatable bonds is 1. The van der Waals surface area contributed by atoms with Crippen molar-refractivity contribution in [2.24, 2.45) is 0 Å². The van der Waals surface area contributed by atoms with Crippen molar-refractivity contribution >= 4 is 6.09 Å². The van der Waals surface area contributed by atoms with Gasteiger partial charge in [-0.05, 0) is 52.9 Å². The Bertz CT molecular complexity index is 304. The lowest BCUT2D eigenvalue weighted by Crippen LogP contribution is -2.54. The molecule has 0 radical (unpaired) electrons. The zero-order valence-electron chi connectivity index (χ0n) is 11.0. The molecule has 2 rings (SSSR count). The van der Waals surface area contributed by atoms with Crippen LogP contribution in [0.25, 0.3) is 0 Å². The van der Waals surface area contributed by atoms with E-state index in [9.17, 15) is 9.90 Å². The average Bonchev–Trinajstić information content (AvgIpc) is 2.95. The summed E-state index contributed by atoms with van der Waals surface area (Å²) >= 11 is 0. The van der Waals surface area contributed by atoms with Gasteiger partial charge in [-0.25, -0.2) is 4.79 Å². The molecule has 0 aromatic carbocycles. The van der Waals surface area contributed by atoms with E-state index in [1.807, 2.05) is 25.7 Å². The Balaban J connectivity index is 2.11. The van der Waals surface area contributed by atoms with E-state index in [4.69, 9.17) is 4.74 Å². The summed E-state index contributed by atoms with van der Waals surface area (Å²) in [5, 5.41) is 9.42. The van der Waals surface area contributed by atoms with Crippen molar-refractivity contribution in [3.63, 3.8) is 0 Å². The van der Waals surface area contributed by atoms with E-state index in [1.54, 1.807) is 0 Å². The zero-order valence-corrected chi connectivity index (χ0v) is 11.0. The molecule has 0 bridgehead atoms. The van der Waals surface area contributed by atoms with Gasteiger partial charge in [0.25, 0.3) is 0 Å². The number of carbonyl (C=O) groups excluding carboxylic acids is 1. The molecule has 1 N–H and O–H groups in total. The Labute approximate surface area is 103 Å². The van der Waals surface area contributed by atoms with E-state index in [-0.39, 0.29) is 24.3 Å². The quantitative estimate of drug-likeness (QED) is 0.766. The molecular weight excluding hydrogens is 218 g/mol. The van der Waals surface area contributed by atoms with Crippen LogP contribution in [0, 0.1) is 0 Å². The highest BCUT2D eigenvalue weighted by Gasteiger charge is 2.55. The average molecular weight is 241 g/mol. The number of aliphatic hydroxyl groups excluding tert-OH is 1. The smallest absolute Gasteiger partial charge is 0.411 e. The summed E-state index contributed by atoms with van der Waals surface area (Å²) in [5.74, 6) is 0. The van der Waals surface area contributed by atoms with E-state index in [0.717, 1.165) is 32.1 Å². The first-order valence-corrected chi connectivity index (χ1v) is 6.51. The Kier molecular flexibility index (Phi) is 3.10. The summed E-state index contributed by atoms with van der Waals surface area (Å²) in [5.41, 5.74) is -0.460. The molecule has 1 spiro atoms. The van der Waals surface area contributed by atoms with Crippen LogP contribution in [0.1, 0.15) is 52.9 Å². The maximum Gasteiger partial charge on any atom is 0.411 e. The van der Waals surface area contributed by atoms with Crippen molar-refractivity contribution in [1.29, 1.82) is 0 Å². The first kappa shape index (κ1) is 12.7. The Morgan fingerprint density at radius 2 is 2.06 bits per heavy atom. The molecule has 0 unspecified atom stereocenters. The van der Waals surface area contributed by atoms with Gasteiger partial charge in [0.05, 0.1) is 12.6 Å². The molecule has 1 aliphatic carbocycles. The Morgan fingerprint density at radius 3 is 2.53 bits per heavy atom. The minimum atomic E-state index is -0.468. The van der Waals surface area contributed by atoms with Crippen LogP contribution in [0.2, 0.25) is 0 Å². The van der Waals surface area contributed by atoms with Crippen molar-refractivity contribution in [2.75, 3.05) is 6.61 Å². The summed E-state index contributed by atoms with van der Waals surface area (Å²) in [6.45, 7) is 5.67. The molecule has 4 nitrogen and oxygen atoms in total. The molecule has 1 saturated heterocycles. The maximum atomic E-state index is 12.2. The fraction of sp³-hybridized carbons (Fsp3) is 0.923. The molecule has 1 amide bonds. The number of hydrogen-bond donors (Lipinski definition) is 1. The van der Waals surface area contributed by atoms with E-state index in [0.29, 0.717) is 0 Å². The van der Waals surface area contributed by atoms with Gasteiger partial charge in [0, 0.05) is 5.54 Å². The van der Waals surface area contributed by atoms with Crippen molar-refractivity contribution in [3.05, 3.63) is 0 Å². The largest absolute Gasteiger partial charge is 0.444 e. The number of amides is 1. The second-order valence-corrected chi connectivity index (χ2v) is 6.30. The standard InChI is InChI=1S/C13H23NO3/c1-12(2,3)17-11(16)14-10(9-15)5-4-6-13(14)7-8-13/h10,15H,4-9H2,1-3H3/t10-/m1/s1. The van der Waals surface area contributed by atoms with E-state index >= 15 is 0 Å². The molecule has 2 fully saturated rings. The molecule has 1 atom stereocenters. The van der Waals surface area contributed by atoms with Gasteiger partial charge in [-0.2, -0.15) is 0 Å². The van der Waals surface area contributed by atoms with Gasteiger partial charge in [0.15, 0.2) is 0 Å². The summed E-state index contributed by atoms with van der Waals surface area (Å²) in [4.78, 5) is 14.1. The molecule has 4 heteroatoms. The topological polar surface area (TPSA) is 49.8 Å². The van der Waals surface area contributed by atoms with Crippen LogP contribution in [-0.2, 0) is 4.74 Å². The van der Waals surface area contributed by atoms with Gasteiger partial charge in [0.2, 0.25) is 0 Å². The SMILES string of the molecule is CC(C)(C)OC(=O)N1[C@@H](CO)CCCC12CC2. The third-order valence-corrected chi connectivity index (χ3v) is 3.68. The van der Waals surface area contributed by atoms with Gasteiger partial charge in [-0.15, -0.1) is 0 Å². The van der Waals surface area contributed by atoms with E-state index in [2.05, 4.69) is 0 Å². The third-order valence-electron chi connectivity index (χ3n) is 3.68. The molecule has 1 heterocycles. The van der Waals surface area contributed by atoms with Crippen LogP contribution in [0.3, 0.4) is 0 Å². The monoisotopic (exact) mass is 241 g/mol. The maximum absolute atomic E-state index is 12.2. The predicted molar refractivity (Wildman–Crippen MR) is 64.8 cm³/mol. The van der Waals surface area contributed by atoms with Gasteiger partial charge >= 0.3 is 6.09 Å². The lowest BCUT2D eigenvalue weighted by molar-refractivity contribution is -0.0208. The number of nitrogens with zero attached hydrogens (tertiary/aromatic N) is 1. The highest BCUT2D eigenvalue weighted by Crippen LogP contribution is 2.50. The highest BCUT2D eigenvalue weighted by molar-refractivity contribution is 5.70. The molecule has 0 aromatic rings. The molecule has 1 aliphatic heterocycles. The van der Waals surface area contributed by atoms with Gasteiger partial charge in [-0.1, -0.05) is 0 Å². The van der Waals surface area contributed by atoms with Crippen molar-refractivity contribution in [2.45, 2.75) is 70.1 Å². The van der Waals surface area contributed by atoms with Gasteiger partial charge in [0.1, 0.15) is 5.60 Å². The lowest BCUT2D eigenvalue weighted by Gasteiger charge is -2.42. The molecular formula is C13H23NO3. The van der Waals surface area contributed by atoms with Crippen molar-refractivity contribution in [3.8, 4) is 0 Å². The summed E-state index contributed by atoms with van der Waals surface area (Å²) in [6, 6.07) is -0.0545. The van der Waals surface area contributed by atoms with Crippen LogP contribution in [0.15, 0.2) is 0 Å². The predicted octanol–water partition coefficient (Wildman–Crippen LogP) is 2.30. The van der Waals surface area contributed by atoms with Gasteiger partial charge in [-0.3, -0.25) is 4.90 Å². The van der Waals surface area contributed by atoms with E-state index in [1.165, 1.54) is 0 Å². The first-order valence-electron chi connectivity index (χ1n) is 6.51. The molecule has 2 aliphatic rings. The Hall–Kier alpha value is -0.770. The van der Waals surface area contributed by atoms with Crippen LogP contribution < -0.4 is 0 Å². The van der Waals surface area contributed by atoms with Crippen LogP contribution >= 0.6 is 0 Å². The zero-order chi connectivity index (χ0) is 12.7. The first-order chi connectivity index (χ1) is 7.88. The van der Waals surface area contributed by atoms with Crippen LogP contribution in [-0.4, -0.2) is 39.9 Å². The fourth-order valence-corrected chi connectivity index (χ4v) is 2.77. The van der Waals surface area contributed by atoms with Crippen molar-refractivity contribution < 1.29 is 14.6 Å². The normalized spacial score (nSPS) is 27.1. The minimum absolute atomic E-state index is 0.00792. The summed E-state index contributed by atoms with van der Waals surface area (Å²) in [6.07, 6.45) is 4.91. The fourth-order valence-electron chi connectivity index (χ4n) is 2.77. The Morgan fingerprint density at radius 1 is 1.41 bits per heavy atom. The number of carbonyl (C=O) groups is 1.